The van der Waals surface area contributed by atoms with Crippen molar-refractivity contribution in [1.82, 2.24) is 10.2 Å². The molecule has 0 aromatic heterocycles. The van der Waals surface area contributed by atoms with Crippen LogP contribution in [0.4, 0.5) is 11.4 Å². The SMILES string of the molecule is CN=C(NCCCC(=O)N1CCc2ccccc21)N1CCN(c2ccccc2O)CC1.I. The van der Waals surface area contributed by atoms with Crippen LogP contribution < -0.4 is 15.1 Å². The number of phenols is 1. The van der Waals surface area contributed by atoms with Gasteiger partial charge in [-0.2, -0.15) is 0 Å². The number of aliphatic imine (C=N–C) groups is 1. The Bertz CT molecular complexity index is 943. The Hall–Kier alpha value is -2.49. The largest absolute Gasteiger partial charge is 0.506 e. The van der Waals surface area contributed by atoms with Crippen LogP contribution in [0, 0.1) is 0 Å². The van der Waals surface area contributed by atoms with Crippen LogP contribution in [0.15, 0.2) is 53.5 Å². The zero-order valence-corrected chi connectivity index (χ0v) is 20.9. The first kappa shape index (κ1) is 24.2. The number of fused-ring (bicyclic) bond motifs is 1. The summed E-state index contributed by atoms with van der Waals surface area (Å²) in [6.07, 6.45) is 2.24. The van der Waals surface area contributed by atoms with E-state index in [0.717, 1.165) is 62.9 Å². The van der Waals surface area contributed by atoms with Gasteiger partial charge >= 0.3 is 0 Å². The van der Waals surface area contributed by atoms with Gasteiger partial charge < -0.3 is 25.1 Å². The minimum absolute atomic E-state index is 0. The topological polar surface area (TPSA) is 71.4 Å². The molecule has 2 aliphatic heterocycles. The molecule has 2 aliphatic rings. The Balaban J connectivity index is 0.00000289. The summed E-state index contributed by atoms with van der Waals surface area (Å²) < 4.78 is 0. The van der Waals surface area contributed by atoms with Gasteiger partial charge in [-0.25, -0.2) is 0 Å². The maximum Gasteiger partial charge on any atom is 0.227 e. The van der Waals surface area contributed by atoms with E-state index in [2.05, 4.69) is 26.2 Å². The van der Waals surface area contributed by atoms with E-state index in [-0.39, 0.29) is 29.9 Å². The summed E-state index contributed by atoms with van der Waals surface area (Å²) in [6, 6.07) is 15.6. The van der Waals surface area contributed by atoms with E-state index in [1.165, 1.54) is 5.56 Å². The molecule has 1 amide bonds. The van der Waals surface area contributed by atoms with Gasteiger partial charge in [-0.1, -0.05) is 30.3 Å². The van der Waals surface area contributed by atoms with Crippen LogP contribution in [-0.4, -0.2) is 68.2 Å². The van der Waals surface area contributed by atoms with Crippen molar-refractivity contribution in [2.24, 2.45) is 4.99 Å². The molecule has 0 saturated carbocycles. The zero-order chi connectivity index (χ0) is 21.6. The van der Waals surface area contributed by atoms with Crippen molar-refractivity contribution in [1.29, 1.82) is 0 Å². The molecular formula is C24H32IN5O2. The molecule has 0 bridgehead atoms. The third-order valence-corrected chi connectivity index (χ3v) is 6.05. The lowest BCUT2D eigenvalue weighted by molar-refractivity contribution is -0.118. The van der Waals surface area contributed by atoms with E-state index < -0.39 is 0 Å². The molecular weight excluding hydrogens is 517 g/mol. The monoisotopic (exact) mass is 549 g/mol. The van der Waals surface area contributed by atoms with Gasteiger partial charge in [0.15, 0.2) is 5.96 Å². The molecule has 0 aliphatic carbocycles. The number of carbonyl (C=O) groups excluding carboxylic acids is 1. The van der Waals surface area contributed by atoms with Crippen molar-refractivity contribution in [2.45, 2.75) is 19.3 Å². The highest BCUT2D eigenvalue weighted by atomic mass is 127. The molecule has 4 rings (SSSR count). The average Bonchev–Trinajstić information content (AvgIpc) is 3.24. The lowest BCUT2D eigenvalue weighted by Crippen LogP contribution is -2.52. The third kappa shape index (κ3) is 5.46. The van der Waals surface area contributed by atoms with Crippen LogP contribution >= 0.6 is 24.0 Å². The lowest BCUT2D eigenvalue weighted by Gasteiger charge is -2.37. The summed E-state index contributed by atoms with van der Waals surface area (Å²) in [7, 11) is 1.80. The molecule has 2 heterocycles. The fraction of sp³-hybridized carbons (Fsp3) is 0.417. The Labute approximate surface area is 207 Å². The highest BCUT2D eigenvalue weighted by Crippen LogP contribution is 2.28. The first-order valence-corrected chi connectivity index (χ1v) is 11.0. The van der Waals surface area contributed by atoms with Gasteiger partial charge in [0.25, 0.3) is 0 Å². The second-order valence-corrected chi connectivity index (χ2v) is 7.96. The van der Waals surface area contributed by atoms with Crippen molar-refractivity contribution >= 4 is 47.2 Å². The summed E-state index contributed by atoms with van der Waals surface area (Å²) in [5, 5.41) is 13.5. The van der Waals surface area contributed by atoms with Crippen molar-refractivity contribution in [3.8, 4) is 5.75 Å². The number of aromatic hydroxyl groups is 1. The predicted molar refractivity (Wildman–Crippen MR) is 140 cm³/mol. The Morgan fingerprint density at radius 3 is 2.41 bits per heavy atom. The van der Waals surface area contributed by atoms with E-state index in [0.29, 0.717) is 18.7 Å². The van der Waals surface area contributed by atoms with E-state index in [4.69, 9.17) is 0 Å². The normalized spacial score (nSPS) is 15.9. The third-order valence-electron chi connectivity index (χ3n) is 6.05. The lowest BCUT2D eigenvalue weighted by atomic mass is 10.2. The molecule has 1 saturated heterocycles. The van der Waals surface area contributed by atoms with Gasteiger partial charge in [0.05, 0.1) is 5.69 Å². The number of halogens is 1. The number of nitrogens with zero attached hydrogens (tertiary/aromatic N) is 4. The van der Waals surface area contributed by atoms with E-state index in [9.17, 15) is 9.90 Å². The standard InChI is InChI=1S/C24H31N5O2.HI/c1-25-24(28-17-15-27(16-18-28)21-9-4-5-10-22(21)30)26-13-6-11-23(31)29-14-12-19-7-2-3-8-20(19)29;/h2-5,7-10,30H,6,11-18H2,1H3,(H,25,26);1H. The minimum atomic E-state index is 0. The van der Waals surface area contributed by atoms with Crippen LogP contribution in [0.1, 0.15) is 18.4 Å². The highest BCUT2D eigenvalue weighted by molar-refractivity contribution is 14.0. The fourth-order valence-electron chi connectivity index (χ4n) is 4.40. The molecule has 7 nitrogen and oxygen atoms in total. The maximum absolute atomic E-state index is 12.7. The molecule has 0 unspecified atom stereocenters. The van der Waals surface area contributed by atoms with Gasteiger partial charge in [0, 0.05) is 58.4 Å². The second kappa shape index (κ2) is 11.4. The molecule has 172 valence electrons. The number of hydrogen-bond acceptors (Lipinski definition) is 4. The molecule has 2 N–H and O–H groups in total. The molecule has 0 atom stereocenters. The van der Waals surface area contributed by atoms with Crippen LogP contribution in [0.3, 0.4) is 0 Å². The average molecular weight is 549 g/mol. The summed E-state index contributed by atoms with van der Waals surface area (Å²) in [5.41, 5.74) is 3.21. The quantitative estimate of drug-likeness (QED) is 0.260. The van der Waals surface area contributed by atoms with Crippen molar-refractivity contribution in [2.75, 3.05) is 56.1 Å². The zero-order valence-electron chi connectivity index (χ0n) is 18.5. The van der Waals surface area contributed by atoms with Crippen molar-refractivity contribution < 1.29 is 9.90 Å². The molecule has 8 heteroatoms. The van der Waals surface area contributed by atoms with Crippen LogP contribution in [-0.2, 0) is 11.2 Å². The number of rotatable bonds is 5. The maximum atomic E-state index is 12.7. The van der Waals surface area contributed by atoms with Gasteiger partial charge in [-0.05, 0) is 36.6 Å². The van der Waals surface area contributed by atoms with Crippen molar-refractivity contribution in [3.63, 3.8) is 0 Å². The molecule has 0 spiro atoms. The van der Waals surface area contributed by atoms with Crippen LogP contribution in [0.5, 0.6) is 5.75 Å². The second-order valence-electron chi connectivity index (χ2n) is 7.96. The summed E-state index contributed by atoms with van der Waals surface area (Å²) >= 11 is 0. The number of carbonyl (C=O) groups is 1. The van der Waals surface area contributed by atoms with Gasteiger partial charge in [0.1, 0.15) is 5.75 Å². The Kier molecular flexibility index (Phi) is 8.60. The first-order chi connectivity index (χ1) is 15.2. The Morgan fingerprint density at radius 1 is 1.00 bits per heavy atom. The van der Waals surface area contributed by atoms with Crippen molar-refractivity contribution in [3.05, 3.63) is 54.1 Å². The number of guanidine groups is 1. The molecule has 2 aromatic carbocycles. The number of amides is 1. The number of hydrogen-bond donors (Lipinski definition) is 2. The predicted octanol–water partition coefficient (Wildman–Crippen LogP) is 3.08. The fourth-order valence-corrected chi connectivity index (χ4v) is 4.40. The number of benzene rings is 2. The van der Waals surface area contributed by atoms with Gasteiger partial charge in [-0.15, -0.1) is 24.0 Å². The number of para-hydroxylation sites is 3. The number of nitrogens with one attached hydrogen (secondary N) is 1. The minimum Gasteiger partial charge on any atom is -0.506 e. The molecule has 32 heavy (non-hydrogen) atoms. The van der Waals surface area contributed by atoms with Gasteiger partial charge in [-0.3, -0.25) is 9.79 Å². The smallest absolute Gasteiger partial charge is 0.227 e. The number of anilines is 2. The first-order valence-electron chi connectivity index (χ1n) is 11.0. The highest BCUT2D eigenvalue weighted by Gasteiger charge is 2.24. The summed E-state index contributed by atoms with van der Waals surface area (Å²) in [6.45, 7) is 4.81. The summed E-state index contributed by atoms with van der Waals surface area (Å²) in [4.78, 5) is 23.4. The Morgan fingerprint density at radius 2 is 1.69 bits per heavy atom. The van der Waals surface area contributed by atoms with Crippen LogP contribution in [0.2, 0.25) is 0 Å². The molecule has 2 aromatic rings. The molecule has 1 fully saturated rings. The number of phenolic OH excluding ortho intramolecular Hbond substituents is 1. The van der Waals surface area contributed by atoms with E-state index >= 15 is 0 Å². The van der Waals surface area contributed by atoms with E-state index in [1.807, 2.05) is 41.3 Å². The summed E-state index contributed by atoms with van der Waals surface area (Å²) in [5.74, 6) is 1.39. The van der Waals surface area contributed by atoms with Crippen LogP contribution in [0.25, 0.3) is 0 Å². The molecule has 0 radical (unpaired) electrons. The van der Waals surface area contributed by atoms with E-state index in [1.54, 1.807) is 13.1 Å². The van der Waals surface area contributed by atoms with Gasteiger partial charge in [0.2, 0.25) is 5.91 Å². The number of piperazine rings is 1.